The van der Waals surface area contributed by atoms with E-state index >= 15 is 0 Å². The van der Waals surface area contributed by atoms with Crippen LogP contribution in [-0.2, 0) is 10.0 Å². The van der Waals surface area contributed by atoms with Crippen LogP contribution < -0.4 is 5.73 Å². The first kappa shape index (κ1) is 16.0. The van der Waals surface area contributed by atoms with Gasteiger partial charge in [-0.1, -0.05) is 0 Å². The van der Waals surface area contributed by atoms with Gasteiger partial charge in [-0.15, -0.1) is 0 Å². The van der Waals surface area contributed by atoms with Gasteiger partial charge >= 0.3 is 6.18 Å². The van der Waals surface area contributed by atoms with Crippen molar-refractivity contribution < 1.29 is 30.4 Å². The Labute approximate surface area is 117 Å². The molecule has 1 aromatic carbocycles. The van der Waals surface area contributed by atoms with Crippen LogP contribution in [0.4, 0.5) is 27.6 Å². The molecule has 0 aliphatic heterocycles. The van der Waals surface area contributed by atoms with E-state index in [1.807, 2.05) is 0 Å². The minimum absolute atomic E-state index is 0.143. The van der Waals surface area contributed by atoms with E-state index < -0.39 is 51.0 Å². The molecule has 0 spiro atoms. The molecule has 0 unspecified atom stereocenters. The monoisotopic (exact) mass is 330 g/mol. The van der Waals surface area contributed by atoms with Gasteiger partial charge in [0.2, 0.25) is 10.0 Å². The molecule has 0 radical (unpaired) electrons. The highest BCUT2D eigenvalue weighted by Crippen LogP contribution is 2.36. The van der Waals surface area contributed by atoms with E-state index in [2.05, 4.69) is 0 Å². The van der Waals surface area contributed by atoms with Gasteiger partial charge in [0.05, 0.1) is 0 Å². The summed E-state index contributed by atoms with van der Waals surface area (Å²) in [6.07, 6.45) is -4.31. The van der Waals surface area contributed by atoms with Crippen LogP contribution in [0.15, 0.2) is 17.0 Å². The standard InChI is InChI=1S/C11H11F5N2O2S/c12-8-3-6(17)4-9(10(8)13)21(19,20)18(7-1-2-7)5-11(14,15)16/h3-4,7H,1-2,5,17H2. The topological polar surface area (TPSA) is 63.4 Å². The minimum Gasteiger partial charge on any atom is -0.399 e. The molecule has 4 nitrogen and oxygen atoms in total. The van der Waals surface area contributed by atoms with E-state index in [-0.39, 0.29) is 17.1 Å². The number of sulfonamides is 1. The molecule has 1 aliphatic rings. The number of hydrogen-bond acceptors (Lipinski definition) is 3. The maximum absolute atomic E-state index is 13.6. The lowest BCUT2D eigenvalue weighted by Crippen LogP contribution is -2.40. The summed E-state index contributed by atoms with van der Waals surface area (Å²) in [5.74, 6) is -3.27. The summed E-state index contributed by atoms with van der Waals surface area (Å²) in [6, 6.07) is 0.305. The van der Waals surface area contributed by atoms with Gasteiger partial charge in [0.1, 0.15) is 11.4 Å². The summed E-state index contributed by atoms with van der Waals surface area (Å²) in [7, 11) is -4.83. The Hall–Kier alpha value is -1.42. The number of anilines is 1. The average molecular weight is 330 g/mol. The molecule has 10 heteroatoms. The van der Waals surface area contributed by atoms with Crippen LogP contribution in [0.5, 0.6) is 0 Å². The Bertz CT molecular complexity index is 655. The zero-order valence-corrected chi connectivity index (χ0v) is 11.3. The van der Waals surface area contributed by atoms with Crippen molar-refractivity contribution in [1.82, 2.24) is 4.31 Å². The Balaban J connectivity index is 2.49. The molecule has 0 heterocycles. The summed E-state index contributed by atoms with van der Waals surface area (Å²) in [4.78, 5) is -1.18. The summed E-state index contributed by atoms with van der Waals surface area (Å²) in [5, 5.41) is 0. The first-order valence-corrected chi connectivity index (χ1v) is 7.29. The van der Waals surface area contributed by atoms with Crippen molar-refractivity contribution in [2.24, 2.45) is 0 Å². The van der Waals surface area contributed by atoms with Crippen molar-refractivity contribution in [2.45, 2.75) is 30.0 Å². The second-order valence-corrected chi connectivity index (χ2v) is 6.57. The summed E-state index contributed by atoms with van der Waals surface area (Å²) in [5.41, 5.74) is 4.84. The van der Waals surface area contributed by atoms with Crippen LogP contribution in [-0.4, -0.2) is 31.5 Å². The fourth-order valence-corrected chi connectivity index (χ4v) is 3.63. The van der Waals surface area contributed by atoms with Gasteiger partial charge in [0.25, 0.3) is 0 Å². The first-order valence-electron chi connectivity index (χ1n) is 5.85. The first-order chi connectivity index (χ1) is 9.52. The van der Waals surface area contributed by atoms with Crippen molar-refractivity contribution in [2.75, 3.05) is 12.3 Å². The maximum atomic E-state index is 13.6. The lowest BCUT2D eigenvalue weighted by atomic mass is 10.3. The molecule has 0 atom stereocenters. The summed E-state index contributed by atoms with van der Waals surface area (Å²) >= 11 is 0. The lowest BCUT2D eigenvalue weighted by Gasteiger charge is -2.23. The van der Waals surface area contributed by atoms with Crippen LogP contribution in [0.25, 0.3) is 0 Å². The number of alkyl halides is 3. The molecule has 2 rings (SSSR count). The van der Waals surface area contributed by atoms with Crippen molar-refractivity contribution in [3.8, 4) is 0 Å². The molecular formula is C11H11F5N2O2S. The molecule has 1 aliphatic carbocycles. The molecule has 0 aromatic heterocycles. The highest BCUT2D eigenvalue weighted by molar-refractivity contribution is 7.89. The number of benzene rings is 1. The summed E-state index contributed by atoms with van der Waals surface area (Å²) < 4.78 is 88.9. The molecule has 118 valence electrons. The van der Waals surface area contributed by atoms with Crippen molar-refractivity contribution in [3.63, 3.8) is 0 Å². The highest BCUT2D eigenvalue weighted by atomic mass is 32.2. The lowest BCUT2D eigenvalue weighted by molar-refractivity contribution is -0.137. The van der Waals surface area contributed by atoms with Crippen molar-refractivity contribution >= 4 is 15.7 Å². The van der Waals surface area contributed by atoms with Gasteiger partial charge in [-0.05, 0) is 25.0 Å². The van der Waals surface area contributed by atoms with Crippen LogP contribution >= 0.6 is 0 Å². The molecule has 0 saturated heterocycles. The number of halogens is 5. The van der Waals surface area contributed by atoms with Crippen LogP contribution in [0.3, 0.4) is 0 Å². The smallest absolute Gasteiger partial charge is 0.399 e. The van der Waals surface area contributed by atoms with E-state index in [9.17, 15) is 30.4 Å². The second kappa shape index (κ2) is 5.09. The Morgan fingerprint density at radius 3 is 2.29 bits per heavy atom. The third kappa shape index (κ3) is 3.43. The molecular weight excluding hydrogens is 319 g/mol. The fraction of sp³-hybridized carbons (Fsp3) is 0.455. The van der Waals surface area contributed by atoms with E-state index in [0.29, 0.717) is 12.1 Å². The van der Waals surface area contributed by atoms with Crippen molar-refractivity contribution in [3.05, 3.63) is 23.8 Å². The van der Waals surface area contributed by atoms with Crippen molar-refractivity contribution in [1.29, 1.82) is 0 Å². The van der Waals surface area contributed by atoms with Gasteiger partial charge < -0.3 is 5.73 Å². The molecule has 2 N–H and O–H groups in total. The molecule has 0 bridgehead atoms. The van der Waals surface area contributed by atoms with Crippen LogP contribution in [0.2, 0.25) is 0 Å². The predicted molar refractivity (Wildman–Crippen MR) is 63.7 cm³/mol. The molecule has 21 heavy (non-hydrogen) atoms. The third-order valence-corrected chi connectivity index (χ3v) is 4.79. The molecule has 1 aromatic rings. The highest BCUT2D eigenvalue weighted by Gasteiger charge is 2.45. The van der Waals surface area contributed by atoms with E-state index in [4.69, 9.17) is 5.73 Å². The van der Waals surface area contributed by atoms with Gasteiger partial charge in [0, 0.05) is 11.7 Å². The zero-order valence-electron chi connectivity index (χ0n) is 10.5. The number of nitrogen functional groups attached to an aromatic ring is 1. The largest absolute Gasteiger partial charge is 0.402 e. The zero-order chi connectivity index (χ0) is 16.0. The minimum atomic E-state index is -4.83. The Morgan fingerprint density at radius 2 is 1.81 bits per heavy atom. The molecule has 0 amide bonds. The quantitative estimate of drug-likeness (QED) is 0.680. The van der Waals surface area contributed by atoms with Crippen LogP contribution in [0, 0.1) is 11.6 Å². The Kier molecular flexibility index (Phi) is 3.87. The molecule has 1 fully saturated rings. The molecule has 1 saturated carbocycles. The number of hydrogen-bond donors (Lipinski definition) is 1. The average Bonchev–Trinajstić information content (AvgIpc) is 3.13. The second-order valence-electron chi connectivity index (χ2n) is 4.71. The third-order valence-electron chi connectivity index (χ3n) is 2.89. The van der Waals surface area contributed by atoms with Gasteiger partial charge in [0.15, 0.2) is 11.6 Å². The predicted octanol–water partition coefficient (Wildman–Crippen LogP) is 2.26. The van der Waals surface area contributed by atoms with Gasteiger partial charge in [-0.3, -0.25) is 0 Å². The normalized spacial score (nSPS) is 16.5. The number of rotatable bonds is 4. The van der Waals surface area contributed by atoms with Gasteiger partial charge in [-0.25, -0.2) is 17.2 Å². The van der Waals surface area contributed by atoms with Crippen LogP contribution in [0.1, 0.15) is 12.8 Å². The SMILES string of the molecule is Nc1cc(F)c(F)c(S(=O)(=O)N(CC(F)(F)F)C2CC2)c1. The van der Waals surface area contributed by atoms with E-state index in [1.165, 1.54) is 0 Å². The van der Waals surface area contributed by atoms with E-state index in [0.717, 1.165) is 0 Å². The fourth-order valence-electron chi connectivity index (χ4n) is 1.85. The van der Waals surface area contributed by atoms with Gasteiger partial charge in [-0.2, -0.15) is 17.5 Å². The number of nitrogens with two attached hydrogens (primary N) is 1. The maximum Gasteiger partial charge on any atom is 0.402 e. The Morgan fingerprint density at radius 1 is 1.24 bits per heavy atom. The number of nitrogens with zero attached hydrogens (tertiary/aromatic N) is 1. The van der Waals surface area contributed by atoms with E-state index in [1.54, 1.807) is 0 Å². The summed E-state index contributed by atoms with van der Waals surface area (Å²) in [6.45, 7) is -1.75.